The molecule has 1 heterocycles. The lowest BCUT2D eigenvalue weighted by Crippen LogP contribution is -2.22. The zero-order chi connectivity index (χ0) is 17.8. The number of tetrazole rings is 1. The Kier molecular flexibility index (Phi) is 4.74. The van der Waals surface area contributed by atoms with Crippen LogP contribution >= 0.6 is 0 Å². The summed E-state index contributed by atoms with van der Waals surface area (Å²) in [5.41, 5.74) is 4.78. The third-order valence-electron chi connectivity index (χ3n) is 4.07. The zero-order valence-electron chi connectivity index (χ0n) is 14.4. The molecule has 25 heavy (non-hydrogen) atoms. The number of nitrogens with zero attached hydrogens (tertiary/aromatic N) is 4. The number of aryl methyl sites for hydroxylation is 2. The highest BCUT2D eigenvalue weighted by Gasteiger charge is 2.08. The Labute approximate surface area is 146 Å². The average Bonchev–Trinajstić information content (AvgIpc) is 3.03. The Bertz CT molecular complexity index is 902. The number of hydrogen-bond acceptors (Lipinski definition) is 5. The number of rotatable bonds is 5. The van der Waals surface area contributed by atoms with Gasteiger partial charge >= 0.3 is 0 Å². The molecule has 0 aliphatic carbocycles. The van der Waals surface area contributed by atoms with Crippen molar-refractivity contribution in [3.63, 3.8) is 0 Å². The Morgan fingerprint density at radius 3 is 2.72 bits per heavy atom. The quantitative estimate of drug-likeness (QED) is 0.748. The molecule has 0 spiro atoms. The van der Waals surface area contributed by atoms with Crippen LogP contribution in [-0.2, 0) is 11.8 Å². The standard InChI is InChI=1S/C18H20N6O/c1-12-6-4-9-16(13(12)2)20-17(25)11-19-15-8-5-7-14(10-15)18-21-22-23-24(18)3/h4-10,19H,11H2,1-3H3,(H,20,25). The molecule has 2 aromatic carbocycles. The SMILES string of the molecule is Cc1cccc(NC(=O)CNc2cccc(-c3nnnn3C)c2)c1C. The third kappa shape index (κ3) is 3.82. The fraction of sp³-hybridized carbons (Fsp3) is 0.222. The summed E-state index contributed by atoms with van der Waals surface area (Å²) in [6.45, 7) is 4.20. The molecule has 3 rings (SSSR count). The summed E-state index contributed by atoms with van der Waals surface area (Å²) in [5.74, 6) is 0.572. The molecule has 1 aromatic heterocycles. The van der Waals surface area contributed by atoms with Crippen LogP contribution in [0, 0.1) is 13.8 Å². The number of carbonyl (C=O) groups is 1. The van der Waals surface area contributed by atoms with Gasteiger partial charge in [-0.2, -0.15) is 0 Å². The Morgan fingerprint density at radius 2 is 1.96 bits per heavy atom. The maximum absolute atomic E-state index is 12.2. The number of aromatic nitrogens is 4. The van der Waals surface area contributed by atoms with Gasteiger partial charge in [0, 0.05) is 24.0 Å². The molecule has 0 atom stereocenters. The van der Waals surface area contributed by atoms with E-state index in [2.05, 4.69) is 26.2 Å². The van der Waals surface area contributed by atoms with Crippen LogP contribution in [-0.4, -0.2) is 32.7 Å². The van der Waals surface area contributed by atoms with Gasteiger partial charge in [0.1, 0.15) is 0 Å². The predicted octanol–water partition coefficient (Wildman–Crippen LogP) is 2.54. The first-order chi connectivity index (χ1) is 12.0. The monoisotopic (exact) mass is 336 g/mol. The highest BCUT2D eigenvalue weighted by molar-refractivity contribution is 5.94. The zero-order valence-corrected chi connectivity index (χ0v) is 14.4. The van der Waals surface area contributed by atoms with Crippen LogP contribution in [0.3, 0.4) is 0 Å². The molecule has 0 unspecified atom stereocenters. The van der Waals surface area contributed by atoms with E-state index in [-0.39, 0.29) is 12.5 Å². The van der Waals surface area contributed by atoms with E-state index in [0.717, 1.165) is 28.1 Å². The van der Waals surface area contributed by atoms with Gasteiger partial charge in [-0.05, 0) is 53.6 Å². The molecule has 7 nitrogen and oxygen atoms in total. The van der Waals surface area contributed by atoms with Crippen LogP contribution in [0.5, 0.6) is 0 Å². The Balaban J connectivity index is 1.65. The summed E-state index contributed by atoms with van der Waals surface area (Å²) in [5, 5.41) is 17.5. The van der Waals surface area contributed by atoms with Gasteiger partial charge in [-0.1, -0.05) is 24.3 Å². The maximum Gasteiger partial charge on any atom is 0.243 e. The third-order valence-corrected chi connectivity index (χ3v) is 4.07. The number of nitrogens with one attached hydrogen (secondary N) is 2. The fourth-order valence-electron chi connectivity index (χ4n) is 2.51. The lowest BCUT2D eigenvalue weighted by molar-refractivity contribution is -0.114. The highest BCUT2D eigenvalue weighted by atomic mass is 16.1. The fourth-order valence-corrected chi connectivity index (χ4v) is 2.51. The molecule has 0 saturated carbocycles. The van der Waals surface area contributed by atoms with E-state index in [1.54, 1.807) is 11.7 Å². The minimum absolute atomic E-state index is 0.0978. The average molecular weight is 336 g/mol. The largest absolute Gasteiger partial charge is 0.376 e. The highest BCUT2D eigenvalue weighted by Crippen LogP contribution is 2.20. The molecular weight excluding hydrogens is 316 g/mol. The van der Waals surface area contributed by atoms with Crippen molar-refractivity contribution < 1.29 is 4.79 Å². The number of hydrogen-bond donors (Lipinski definition) is 2. The Hall–Kier alpha value is -3.22. The van der Waals surface area contributed by atoms with Gasteiger partial charge in [0.2, 0.25) is 5.91 Å². The van der Waals surface area contributed by atoms with Crippen LogP contribution in [0.4, 0.5) is 11.4 Å². The van der Waals surface area contributed by atoms with Crippen molar-refractivity contribution in [2.75, 3.05) is 17.2 Å². The van der Waals surface area contributed by atoms with E-state index in [4.69, 9.17) is 0 Å². The predicted molar refractivity (Wildman–Crippen MR) is 97.3 cm³/mol. The minimum Gasteiger partial charge on any atom is -0.376 e. The van der Waals surface area contributed by atoms with Crippen molar-refractivity contribution in [2.24, 2.45) is 7.05 Å². The summed E-state index contributed by atoms with van der Waals surface area (Å²) < 4.78 is 1.60. The number of carbonyl (C=O) groups excluding carboxylic acids is 1. The molecule has 1 amide bonds. The molecule has 0 bridgehead atoms. The normalized spacial score (nSPS) is 10.5. The smallest absolute Gasteiger partial charge is 0.243 e. The van der Waals surface area contributed by atoms with Crippen molar-refractivity contribution >= 4 is 17.3 Å². The molecule has 0 aliphatic rings. The lowest BCUT2D eigenvalue weighted by Gasteiger charge is -2.12. The second-order valence-electron chi connectivity index (χ2n) is 5.86. The van der Waals surface area contributed by atoms with Crippen LogP contribution in [0.15, 0.2) is 42.5 Å². The first kappa shape index (κ1) is 16.6. The van der Waals surface area contributed by atoms with E-state index >= 15 is 0 Å². The van der Waals surface area contributed by atoms with Gasteiger partial charge in [0.05, 0.1) is 6.54 Å². The number of benzene rings is 2. The van der Waals surface area contributed by atoms with Gasteiger partial charge < -0.3 is 10.6 Å². The van der Waals surface area contributed by atoms with Gasteiger partial charge in [-0.25, -0.2) is 4.68 Å². The molecule has 0 radical (unpaired) electrons. The molecule has 0 fully saturated rings. The van der Waals surface area contributed by atoms with E-state index in [1.165, 1.54) is 0 Å². The Morgan fingerprint density at radius 1 is 1.16 bits per heavy atom. The first-order valence-corrected chi connectivity index (χ1v) is 7.97. The number of anilines is 2. The van der Waals surface area contributed by atoms with Crippen molar-refractivity contribution in [1.82, 2.24) is 20.2 Å². The van der Waals surface area contributed by atoms with Gasteiger partial charge in [-0.3, -0.25) is 4.79 Å². The lowest BCUT2D eigenvalue weighted by atomic mass is 10.1. The van der Waals surface area contributed by atoms with Crippen molar-refractivity contribution in [3.8, 4) is 11.4 Å². The molecule has 0 saturated heterocycles. The molecule has 0 aliphatic heterocycles. The summed E-state index contributed by atoms with van der Waals surface area (Å²) in [7, 11) is 1.78. The van der Waals surface area contributed by atoms with Gasteiger partial charge in [0.15, 0.2) is 5.82 Å². The van der Waals surface area contributed by atoms with Gasteiger partial charge in [0.25, 0.3) is 0 Å². The van der Waals surface area contributed by atoms with Gasteiger partial charge in [-0.15, -0.1) is 5.10 Å². The van der Waals surface area contributed by atoms with Crippen molar-refractivity contribution in [2.45, 2.75) is 13.8 Å². The summed E-state index contributed by atoms with van der Waals surface area (Å²) in [4.78, 5) is 12.2. The van der Waals surface area contributed by atoms with Crippen LogP contribution < -0.4 is 10.6 Å². The minimum atomic E-state index is -0.0978. The van der Waals surface area contributed by atoms with Crippen molar-refractivity contribution in [3.05, 3.63) is 53.6 Å². The molecule has 128 valence electrons. The molecule has 2 N–H and O–H groups in total. The van der Waals surface area contributed by atoms with E-state index in [9.17, 15) is 4.79 Å². The second-order valence-corrected chi connectivity index (χ2v) is 5.86. The second kappa shape index (κ2) is 7.12. The summed E-state index contributed by atoms with van der Waals surface area (Å²) in [6, 6.07) is 13.5. The molecular formula is C18H20N6O. The van der Waals surface area contributed by atoms with Crippen LogP contribution in [0.2, 0.25) is 0 Å². The topological polar surface area (TPSA) is 84.7 Å². The van der Waals surface area contributed by atoms with E-state index in [1.807, 2.05) is 56.3 Å². The molecule has 7 heteroatoms. The van der Waals surface area contributed by atoms with Crippen LogP contribution in [0.25, 0.3) is 11.4 Å². The number of amides is 1. The first-order valence-electron chi connectivity index (χ1n) is 7.97. The summed E-state index contributed by atoms with van der Waals surface area (Å²) in [6.07, 6.45) is 0. The maximum atomic E-state index is 12.2. The molecule has 3 aromatic rings. The van der Waals surface area contributed by atoms with Crippen molar-refractivity contribution in [1.29, 1.82) is 0 Å². The van der Waals surface area contributed by atoms with Crippen LogP contribution in [0.1, 0.15) is 11.1 Å². The van der Waals surface area contributed by atoms with E-state index in [0.29, 0.717) is 5.82 Å². The summed E-state index contributed by atoms with van der Waals surface area (Å²) >= 11 is 0. The van der Waals surface area contributed by atoms with E-state index < -0.39 is 0 Å².